The van der Waals surface area contributed by atoms with Crippen molar-refractivity contribution in [1.29, 1.82) is 0 Å². The van der Waals surface area contributed by atoms with E-state index in [1.807, 2.05) is 5.51 Å². The Balaban J connectivity index is 1.94. The number of ether oxygens (including phenoxy) is 1. The Labute approximate surface area is 93.5 Å². The largest absolute Gasteiger partial charge is 0.394 e. The van der Waals surface area contributed by atoms with Gasteiger partial charge in [0.2, 0.25) is 0 Å². The summed E-state index contributed by atoms with van der Waals surface area (Å²) in [5.41, 5.74) is 2.95. The summed E-state index contributed by atoms with van der Waals surface area (Å²) in [4.78, 5) is 6.57. The number of aliphatic hydroxyl groups is 1. The molecule has 0 spiro atoms. The van der Waals surface area contributed by atoms with Gasteiger partial charge >= 0.3 is 0 Å². The van der Waals surface area contributed by atoms with Crippen LogP contribution in [-0.2, 0) is 11.3 Å². The molecule has 0 amide bonds. The summed E-state index contributed by atoms with van der Waals surface area (Å²) in [7, 11) is 0. The number of aromatic nitrogens is 1. The Hall–Kier alpha value is -0.490. The average molecular weight is 228 g/mol. The van der Waals surface area contributed by atoms with E-state index in [-0.39, 0.29) is 12.7 Å². The van der Waals surface area contributed by atoms with Crippen molar-refractivity contribution in [3.63, 3.8) is 0 Å². The van der Waals surface area contributed by atoms with Crippen molar-refractivity contribution in [1.82, 2.24) is 9.88 Å². The fourth-order valence-electron chi connectivity index (χ4n) is 1.73. The lowest BCUT2D eigenvalue weighted by molar-refractivity contribution is -0.0808. The van der Waals surface area contributed by atoms with Gasteiger partial charge in [-0.2, -0.15) is 0 Å². The number of nitrogens with zero attached hydrogens (tertiary/aromatic N) is 2. The molecule has 1 aromatic heterocycles. The first kappa shape index (κ1) is 11.0. The summed E-state index contributed by atoms with van der Waals surface area (Å²) >= 11 is 1.62. The number of rotatable bonds is 3. The number of hydrogen-bond acceptors (Lipinski definition) is 5. The van der Waals surface area contributed by atoms with Gasteiger partial charge in [-0.25, -0.2) is 4.98 Å². The highest BCUT2D eigenvalue weighted by Crippen LogP contribution is 2.15. The first-order valence-corrected chi connectivity index (χ1v) is 6.07. The van der Waals surface area contributed by atoms with Crippen molar-refractivity contribution in [2.24, 2.45) is 0 Å². The normalized spacial score (nSPS) is 28.1. The van der Waals surface area contributed by atoms with Crippen LogP contribution in [0.2, 0.25) is 0 Å². The molecule has 84 valence electrons. The second-order valence-corrected chi connectivity index (χ2v) is 4.61. The lowest BCUT2D eigenvalue weighted by Crippen LogP contribution is -2.48. The molecule has 0 radical (unpaired) electrons. The van der Waals surface area contributed by atoms with E-state index in [2.05, 4.69) is 22.2 Å². The predicted octanol–water partition coefficient (Wildman–Crippen LogP) is 0.725. The van der Waals surface area contributed by atoms with Gasteiger partial charge in [-0.1, -0.05) is 0 Å². The monoisotopic (exact) mass is 228 g/mol. The van der Waals surface area contributed by atoms with Gasteiger partial charge in [0.05, 0.1) is 30.5 Å². The third-order valence-electron chi connectivity index (χ3n) is 2.69. The molecule has 0 aromatic carbocycles. The van der Waals surface area contributed by atoms with Gasteiger partial charge in [0, 0.05) is 24.5 Å². The van der Waals surface area contributed by atoms with Crippen LogP contribution in [0.5, 0.6) is 0 Å². The van der Waals surface area contributed by atoms with Gasteiger partial charge in [0.15, 0.2) is 0 Å². The Morgan fingerprint density at radius 2 is 2.60 bits per heavy atom. The molecular weight excluding hydrogens is 212 g/mol. The zero-order chi connectivity index (χ0) is 10.7. The topological polar surface area (TPSA) is 45.6 Å². The molecular formula is C10H16N2O2S. The molecule has 1 aromatic rings. The molecule has 4 nitrogen and oxygen atoms in total. The van der Waals surface area contributed by atoms with Crippen molar-refractivity contribution >= 4 is 11.3 Å². The van der Waals surface area contributed by atoms with E-state index in [9.17, 15) is 0 Å². The number of hydrogen-bond donors (Lipinski definition) is 1. The summed E-state index contributed by atoms with van der Waals surface area (Å²) in [6, 6.07) is 0.398. The van der Waals surface area contributed by atoms with Crippen molar-refractivity contribution in [2.75, 3.05) is 19.8 Å². The standard InChI is InChI=1S/C10H16N2O2S/c1-8-5-14-10(4-13)3-12(8)2-9-6-15-7-11-9/h6-8,10,13H,2-5H2,1H3. The molecule has 0 aliphatic carbocycles. The van der Waals surface area contributed by atoms with Crippen LogP contribution in [-0.4, -0.2) is 46.9 Å². The first-order chi connectivity index (χ1) is 7.29. The fraction of sp³-hybridized carbons (Fsp3) is 0.700. The molecule has 0 saturated carbocycles. The molecule has 15 heavy (non-hydrogen) atoms. The smallest absolute Gasteiger partial charge is 0.0933 e. The molecule has 5 heteroatoms. The minimum absolute atomic E-state index is 0.0418. The molecule has 2 rings (SSSR count). The summed E-state index contributed by atoms with van der Waals surface area (Å²) in [5.74, 6) is 0. The highest BCUT2D eigenvalue weighted by atomic mass is 32.1. The van der Waals surface area contributed by atoms with Gasteiger partial charge in [-0.15, -0.1) is 11.3 Å². The van der Waals surface area contributed by atoms with Crippen LogP contribution in [0.1, 0.15) is 12.6 Å². The Morgan fingerprint density at radius 3 is 3.27 bits per heavy atom. The van der Waals surface area contributed by atoms with Crippen LogP contribution < -0.4 is 0 Å². The lowest BCUT2D eigenvalue weighted by atomic mass is 10.2. The quantitative estimate of drug-likeness (QED) is 0.828. The summed E-state index contributed by atoms with van der Waals surface area (Å²) < 4.78 is 5.48. The maximum atomic E-state index is 9.06. The maximum Gasteiger partial charge on any atom is 0.0933 e. The highest BCUT2D eigenvalue weighted by molar-refractivity contribution is 7.07. The number of thiazole rings is 1. The van der Waals surface area contributed by atoms with Gasteiger partial charge in [-0.3, -0.25) is 4.90 Å². The molecule has 2 heterocycles. The van der Waals surface area contributed by atoms with E-state index in [1.54, 1.807) is 11.3 Å². The minimum Gasteiger partial charge on any atom is -0.394 e. The molecule has 0 bridgehead atoms. The van der Waals surface area contributed by atoms with E-state index in [4.69, 9.17) is 9.84 Å². The van der Waals surface area contributed by atoms with Crippen LogP contribution in [0, 0.1) is 0 Å². The van der Waals surface area contributed by atoms with Gasteiger partial charge < -0.3 is 9.84 Å². The molecule has 2 unspecified atom stereocenters. The summed E-state index contributed by atoms with van der Waals surface area (Å²) in [6.07, 6.45) is -0.0418. The summed E-state index contributed by atoms with van der Waals surface area (Å²) in [6.45, 7) is 4.56. The van der Waals surface area contributed by atoms with Gasteiger partial charge in [-0.05, 0) is 6.92 Å². The molecule has 1 fully saturated rings. The van der Waals surface area contributed by atoms with Crippen LogP contribution in [0.25, 0.3) is 0 Å². The predicted molar refractivity (Wildman–Crippen MR) is 58.8 cm³/mol. The van der Waals surface area contributed by atoms with Gasteiger partial charge in [0.25, 0.3) is 0 Å². The fourth-order valence-corrected chi connectivity index (χ4v) is 2.28. The third kappa shape index (κ3) is 2.75. The average Bonchev–Trinajstić information content (AvgIpc) is 2.74. The van der Waals surface area contributed by atoms with Crippen molar-refractivity contribution < 1.29 is 9.84 Å². The maximum absolute atomic E-state index is 9.06. The van der Waals surface area contributed by atoms with Crippen LogP contribution >= 0.6 is 11.3 Å². The molecule has 2 atom stereocenters. The number of morpholine rings is 1. The first-order valence-electron chi connectivity index (χ1n) is 5.13. The molecule has 1 saturated heterocycles. The van der Waals surface area contributed by atoms with Crippen LogP contribution in [0.4, 0.5) is 0 Å². The van der Waals surface area contributed by atoms with E-state index in [1.165, 1.54) is 0 Å². The Morgan fingerprint density at radius 1 is 1.73 bits per heavy atom. The zero-order valence-corrected chi connectivity index (χ0v) is 9.61. The van der Waals surface area contributed by atoms with E-state index >= 15 is 0 Å². The van der Waals surface area contributed by atoms with Crippen LogP contribution in [0.15, 0.2) is 10.9 Å². The lowest BCUT2D eigenvalue weighted by Gasteiger charge is -2.36. The van der Waals surface area contributed by atoms with E-state index in [0.717, 1.165) is 18.8 Å². The van der Waals surface area contributed by atoms with Crippen molar-refractivity contribution in [3.8, 4) is 0 Å². The highest BCUT2D eigenvalue weighted by Gasteiger charge is 2.25. The molecule has 1 aliphatic heterocycles. The van der Waals surface area contributed by atoms with E-state index < -0.39 is 0 Å². The second-order valence-electron chi connectivity index (χ2n) is 3.90. The zero-order valence-electron chi connectivity index (χ0n) is 8.80. The third-order valence-corrected chi connectivity index (χ3v) is 3.32. The minimum atomic E-state index is -0.0418. The Bertz CT molecular complexity index is 292. The van der Waals surface area contributed by atoms with Gasteiger partial charge in [0.1, 0.15) is 0 Å². The number of aliphatic hydroxyl groups excluding tert-OH is 1. The van der Waals surface area contributed by atoms with E-state index in [0.29, 0.717) is 12.6 Å². The molecule has 1 N–H and O–H groups in total. The van der Waals surface area contributed by atoms with Crippen molar-refractivity contribution in [2.45, 2.75) is 25.6 Å². The van der Waals surface area contributed by atoms with Crippen LogP contribution in [0.3, 0.4) is 0 Å². The second kappa shape index (κ2) is 5.03. The van der Waals surface area contributed by atoms with Crippen molar-refractivity contribution in [3.05, 3.63) is 16.6 Å². The summed E-state index contributed by atoms with van der Waals surface area (Å²) in [5, 5.41) is 11.1. The SMILES string of the molecule is CC1COC(CO)CN1Cc1cscn1. The molecule has 1 aliphatic rings. The Kier molecular flexibility index (Phi) is 3.69.